The Hall–Kier alpha value is -2.56. The average molecular weight is 272 g/mol. The summed E-state index contributed by atoms with van der Waals surface area (Å²) in [5.74, 6) is -1.41. The van der Waals surface area contributed by atoms with Gasteiger partial charge < -0.3 is 15.4 Å². The Morgan fingerprint density at radius 1 is 1.35 bits per heavy atom. The van der Waals surface area contributed by atoms with E-state index in [0.29, 0.717) is 24.1 Å². The normalized spacial score (nSPS) is 11.8. The minimum atomic E-state index is -0.918. The van der Waals surface area contributed by atoms with E-state index < -0.39 is 11.9 Å². The molecule has 0 unspecified atom stereocenters. The molecule has 0 bridgehead atoms. The van der Waals surface area contributed by atoms with Crippen molar-refractivity contribution in [3.05, 3.63) is 47.7 Å². The van der Waals surface area contributed by atoms with Crippen molar-refractivity contribution in [1.29, 1.82) is 0 Å². The molecule has 1 aromatic carbocycles. The third-order valence-electron chi connectivity index (χ3n) is 3.24. The summed E-state index contributed by atoms with van der Waals surface area (Å²) >= 11 is 0. The second-order valence-corrected chi connectivity index (χ2v) is 4.46. The van der Waals surface area contributed by atoms with Crippen molar-refractivity contribution < 1.29 is 14.7 Å². The van der Waals surface area contributed by atoms with Gasteiger partial charge in [-0.3, -0.25) is 4.79 Å². The van der Waals surface area contributed by atoms with Gasteiger partial charge >= 0.3 is 5.97 Å². The van der Waals surface area contributed by atoms with Gasteiger partial charge in [-0.2, -0.15) is 0 Å². The Bertz CT molecular complexity index is 698. The van der Waals surface area contributed by atoms with Gasteiger partial charge in [0.2, 0.25) is 0 Å². The molecule has 2 rings (SSSR count). The average Bonchev–Trinajstić information content (AvgIpc) is 2.78. The molecule has 0 aliphatic rings. The first-order valence-corrected chi connectivity index (χ1v) is 6.34. The molecule has 1 amide bonds. The molecular formula is C15H16N2O3. The second kappa shape index (κ2) is 5.61. The minimum Gasteiger partial charge on any atom is -0.478 e. The van der Waals surface area contributed by atoms with E-state index in [0.717, 1.165) is 10.9 Å². The van der Waals surface area contributed by atoms with Gasteiger partial charge in [0.25, 0.3) is 5.91 Å². The van der Waals surface area contributed by atoms with E-state index in [2.05, 4.69) is 0 Å². The van der Waals surface area contributed by atoms with E-state index in [9.17, 15) is 9.59 Å². The Morgan fingerprint density at radius 3 is 2.65 bits per heavy atom. The molecule has 104 valence electrons. The maximum absolute atomic E-state index is 11.4. The highest BCUT2D eigenvalue weighted by atomic mass is 16.4. The number of para-hydroxylation sites is 1. The Morgan fingerprint density at radius 2 is 2.05 bits per heavy atom. The lowest BCUT2D eigenvalue weighted by molar-refractivity contribution is -0.132. The fourth-order valence-electron chi connectivity index (χ4n) is 2.19. The predicted molar refractivity (Wildman–Crippen MR) is 76.5 cm³/mol. The van der Waals surface area contributed by atoms with Crippen LogP contribution in [-0.2, 0) is 11.3 Å². The first kappa shape index (κ1) is 13.9. The number of benzene rings is 1. The first-order chi connectivity index (χ1) is 9.54. The summed E-state index contributed by atoms with van der Waals surface area (Å²) in [7, 11) is 0. The lowest BCUT2D eigenvalue weighted by Crippen LogP contribution is -2.10. The molecule has 0 spiro atoms. The number of amides is 1. The third-order valence-corrected chi connectivity index (χ3v) is 3.24. The van der Waals surface area contributed by atoms with Crippen molar-refractivity contribution in [3.8, 4) is 0 Å². The summed E-state index contributed by atoms with van der Waals surface area (Å²) in [5, 5.41) is 9.79. The number of nitrogens with zero attached hydrogens (tertiary/aromatic N) is 1. The van der Waals surface area contributed by atoms with Crippen LogP contribution in [0.1, 0.15) is 23.7 Å². The quantitative estimate of drug-likeness (QED) is 0.818. The van der Waals surface area contributed by atoms with E-state index in [1.54, 1.807) is 19.2 Å². The zero-order valence-corrected chi connectivity index (χ0v) is 11.2. The standard InChI is InChI=1S/C15H16N2O3/c1-2-10(15(19)20)7-8-17-9-12(14(16)18)11-5-3-4-6-13(11)17/h3-7,9H,2,8H2,1H3,(H2,16,18)(H,19,20). The van der Waals surface area contributed by atoms with Crippen LogP contribution in [0.3, 0.4) is 0 Å². The zero-order chi connectivity index (χ0) is 14.7. The lowest BCUT2D eigenvalue weighted by Gasteiger charge is -2.02. The van der Waals surface area contributed by atoms with Gasteiger partial charge in [-0.15, -0.1) is 0 Å². The molecule has 0 fully saturated rings. The van der Waals surface area contributed by atoms with Crippen molar-refractivity contribution >= 4 is 22.8 Å². The van der Waals surface area contributed by atoms with Crippen LogP contribution < -0.4 is 5.73 Å². The number of hydrogen-bond donors (Lipinski definition) is 2. The molecule has 1 heterocycles. The summed E-state index contributed by atoms with van der Waals surface area (Å²) in [5.41, 5.74) is 7.02. The van der Waals surface area contributed by atoms with E-state index in [4.69, 9.17) is 10.8 Å². The highest BCUT2D eigenvalue weighted by Crippen LogP contribution is 2.21. The van der Waals surface area contributed by atoms with E-state index >= 15 is 0 Å². The highest BCUT2D eigenvalue weighted by molar-refractivity contribution is 6.06. The Labute approximate surface area is 116 Å². The molecule has 0 aliphatic heterocycles. The minimum absolute atomic E-state index is 0.350. The number of carboxylic acid groups (broad SMARTS) is 1. The SMILES string of the molecule is CCC(=CCn1cc(C(N)=O)c2ccccc21)C(=O)O. The van der Waals surface area contributed by atoms with E-state index in [-0.39, 0.29) is 0 Å². The number of hydrogen-bond acceptors (Lipinski definition) is 2. The third kappa shape index (κ3) is 2.56. The molecular weight excluding hydrogens is 256 g/mol. The van der Waals surface area contributed by atoms with Gasteiger partial charge in [0.15, 0.2) is 0 Å². The van der Waals surface area contributed by atoms with Crippen molar-refractivity contribution in [3.63, 3.8) is 0 Å². The van der Waals surface area contributed by atoms with E-state index in [1.165, 1.54) is 0 Å². The first-order valence-electron chi connectivity index (χ1n) is 6.34. The molecule has 0 saturated heterocycles. The summed E-state index contributed by atoms with van der Waals surface area (Å²) in [6, 6.07) is 7.41. The number of carbonyl (C=O) groups excluding carboxylic acids is 1. The number of aromatic nitrogens is 1. The molecule has 20 heavy (non-hydrogen) atoms. The van der Waals surface area contributed by atoms with Crippen molar-refractivity contribution in [2.45, 2.75) is 19.9 Å². The number of nitrogens with two attached hydrogens (primary N) is 1. The maximum atomic E-state index is 11.4. The van der Waals surface area contributed by atoms with Gasteiger partial charge in [0.05, 0.1) is 5.56 Å². The Kier molecular flexibility index (Phi) is 3.89. The predicted octanol–water partition coefficient (Wildman–Crippen LogP) is 2.16. The van der Waals surface area contributed by atoms with Crippen LogP contribution in [0.5, 0.6) is 0 Å². The largest absolute Gasteiger partial charge is 0.478 e. The lowest BCUT2D eigenvalue weighted by atomic mass is 10.2. The molecule has 5 heteroatoms. The maximum Gasteiger partial charge on any atom is 0.331 e. The monoisotopic (exact) mass is 272 g/mol. The highest BCUT2D eigenvalue weighted by Gasteiger charge is 2.12. The number of carboxylic acids is 1. The number of aliphatic carboxylic acids is 1. The fourth-order valence-corrected chi connectivity index (χ4v) is 2.19. The molecule has 5 nitrogen and oxygen atoms in total. The smallest absolute Gasteiger partial charge is 0.331 e. The second-order valence-electron chi connectivity index (χ2n) is 4.46. The van der Waals surface area contributed by atoms with Gasteiger partial charge in [0, 0.05) is 29.2 Å². The summed E-state index contributed by atoms with van der Waals surface area (Å²) in [4.78, 5) is 22.4. The summed E-state index contributed by atoms with van der Waals surface area (Å²) < 4.78 is 1.83. The zero-order valence-electron chi connectivity index (χ0n) is 11.2. The number of fused-ring (bicyclic) bond motifs is 1. The molecule has 0 saturated carbocycles. The Balaban J connectivity index is 2.45. The molecule has 0 aliphatic carbocycles. The van der Waals surface area contributed by atoms with Crippen molar-refractivity contribution in [2.24, 2.45) is 5.73 Å². The van der Waals surface area contributed by atoms with Gasteiger partial charge in [-0.25, -0.2) is 4.79 Å². The van der Waals surface area contributed by atoms with Crippen LogP contribution in [0, 0.1) is 0 Å². The molecule has 3 N–H and O–H groups in total. The van der Waals surface area contributed by atoms with Crippen LogP contribution in [0.25, 0.3) is 10.9 Å². The number of rotatable bonds is 5. The van der Waals surface area contributed by atoms with Crippen LogP contribution in [0.2, 0.25) is 0 Å². The summed E-state index contributed by atoms with van der Waals surface area (Å²) in [6.07, 6.45) is 3.77. The fraction of sp³-hybridized carbons (Fsp3) is 0.200. The van der Waals surface area contributed by atoms with Crippen molar-refractivity contribution in [1.82, 2.24) is 4.57 Å². The van der Waals surface area contributed by atoms with Gasteiger partial charge in [-0.1, -0.05) is 31.2 Å². The summed E-state index contributed by atoms with van der Waals surface area (Å²) in [6.45, 7) is 2.19. The topological polar surface area (TPSA) is 85.3 Å². The van der Waals surface area contributed by atoms with Crippen LogP contribution in [-0.4, -0.2) is 21.6 Å². The molecule has 1 aromatic heterocycles. The van der Waals surface area contributed by atoms with Gasteiger partial charge in [-0.05, 0) is 12.5 Å². The number of allylic oxidation sites excluding steroid dienone is 1. The number of primary amides is 1. The molecule has 0 atom stereocenters. The van der Waals surface area contributed by atoms with Crippen LogP contribution in [0.4, 0.5) is 0 Å². The van der Waals surface area contributed by atoms with Gasteiger partial charge in [0.1, 0.15) is 0 Å². The van der Waals surface area contributed by atoms with E-state index in [1.807, 2.05) is 28.8 Å². The van der Waals surface area contributed by atoms with Crippen LogP contribution in [0.15, 0.2) is 42.1 Å². The number of carbonyl (C=O) groups is 2. The van der Waals surface area contributed by atoms with Crippen LogP contribution >= 0.6 is 0 Å². The molecule has 2 aromatic rings. The molecule has 0 radical (unpaired) electrons. The van der Waals surface area contributed by atoms with Crippen molar-refractivity contribution in [2.75, 3.05) is 0 Å².